The molecule has 0 N–H and O–H groups in total. The zero-order valence-electron chi connectivity index (χ0n) is 10.9. The zero-order chi connectivity index (χ0) is 13.2. The smallest absolute Gasteiger partial charge is 0.357 e. The van der Waals surface area contributed by atoms with Gasteiger partial charge in [-0.05, 0) is 38.0 Å². The third-order valence-corrected chi connectivity index (χ3v) is 3.21. The van der Waals surface area contributed by atoms with E-state index in [0.29, 0.717) is 18.2 Å². The molecule has 1 aromatic heterocycles. The van der Waals surface area contributed by atoms with Gasteiger partial charge in [0.1, 0.15) is 0 Å². The van der Waals surface area contributed by atoms with Gasteiger partial charge in [-0.1, -0.05) is 18.2 Å². The molecule has 0 aliphatic heterocycles. The Kier molecular flexibility index (Phi) is 3.07. The number of ether oxygens (including phenoxy) is 1. The van der Waals surface area contributed by atoms with Gasteiger partial charge in [0.05, 0.1) is 18.0 Å². The number of carbonyl (C=O) groups is 1. The lowest BCUT2D eigenvalue weighted by Crippen LogP contribution is -2.11. The molecule has 1 fully saturated rings. The summed E-state index contributed by atoms with van der Waals surface area (Å²) in [5, 5.41) is 4.56. The van der Waals surface area contributed by atoms with Crippen LogP contribution in [0, 0.1) is 0 Å². The first-order valence-corrected chi connectivity index (χ1v) is 6.62. The van der Waals surface area contributed by atoms with E-state index in [4.69, 9.17) is 4.74 Å². The van der Waals surface area contributed by atoms with Crippen molar-refractivity contribution in [1.82, 2.24) is 9.78 Å². The maximum absolute atomic E-state index is 12.0. The number of hydrogen-bond donors (Lipinski definition) is 0. The molecule has 1 aromatic carbocycles. The number of esters is 1. The van der Waals surface area contributed by atoms with Crippen molar-refractivity contribution in [2.45, 2.75) is 25.7 Å². The molecule has 1 aliphatic carbocycles. The Hall–Kier alpha value is -2.10. The maximum atomic E-state index is 12.0. The highest BCUT2D eigenvalue weighted by Crippen LogP contribution is 2.39. The molecule has 0 unspecified atom stereocenters. The molecule has 19 heavy (non-hydrogen) atoms. The highest BCUT2D eigenvalue weighted by Gasteiger charge is 2.29. The lowest BCUT2D eigenvalue weighted by molar-refractivity contribution is 0.0516. The number of hydrogen-bond acceptors (Lipinski definition) is 3. The molecule has 0 radical (unpaired) electrons. The minimum atomic E-state index is -0.314. The van der Waals surface area contributed by atoms with E-state index in [-0.39, 0.29) is 5.97 Å². The van der Waals surface area contributed by atoms with Crippen molar-refractivity contribution in [3.63, 3.8) is 0 Å². The summed E-state index contributed by atoms with van der Waals surface area (Å²) in [5.74, 6) is 0.198. The van der Waals surface area contributed by atoms with Gasteiger partial charge in [0.25, 0.3) is 0 Å². The van der Waals surface area contributed by atoms with Gasteiger partial charge in [-0.25, -0.2) is 9.48 Å². The van der Waals surface area contributed by atoms with Gasteiger partial charge in [0, 0.05) is 5.92 Å². The Bertz CT molecular complexity index is 585. The van der Waals surface area contributed by atoms with Crippen molar-refractivity contribution in [1.29, 1.82) is 0 Å². The van der Waals surface area contributed by atoms with E-state index < -0.39 is 0 Å². The summed E-state index contributed by atoms with van der Waals surface area (Å²) in [5.41, 5.74) is 2.39. The lowest BCUT2D eigenvalue weighted by Gasteiger charge is -2.06. The second-order valence-corrected chi connectivity index (χ2v) is 4.70. The van der Waals surface area contributed by atoms with E-state index in [1.54, 1.807) is 4.68 Å². The van der Waals surface area contributed by atoms with E-state index in [9.17, 15) is 4.79 Å². The summed E-state index contributed by atoms with van der Waals surface area (Å²) in [6, 6.07) is 11.5. The average molecular weight is 256 g/mol. The Balaban J connectivity index is 2.03. The van der Waals surface area contributed by atoms with Gasteiger partial charge < -0.3 is 4.74 Å². The molecule has 1 saturated carbocycles. The van der Waals surface area contributed by atoms with Crippen molar-refractivity contribution in [3.05, 3.63) is 47.8 Å². The van der Waals surface area contributed by atoms with Crippen LogP contribution in [0.3, 0.4) is 0 Å². The molecule has 0 atom stereocenters. The van der Waals surface area contributed by atoms with Crippen LogP contribution in [0.25, 0.3) is 5.69 Å². The van der Waals surface area contributed by atoms with E-state index in [0.717, 1.165) is 24.2 Å². The summed E-state index contributed by atoms with van der Waals surface area (Å²) >= 11 is 0. The number of para-hydroxylation sites is 1. The number of aromatic nitrogens is 2. The lowest BCUT2D eigenvalue weighted by atomic mass is 10.2. The van der Waals surface area contributed by atoms with E-state index in [1.165, 1.54) is 0 Å². The minimum absolute atomic E-state index is 0.314. The molecule has 2 aromatic rings. The molecule has 0 amide bonds. The third kappa shape index (κ3) is 2.38. The number of rotatable bonds is 4. The summed E-state index contributed by atoms with van der Waals surface area (Å²) in [6.07, 6.45) is 2.32. The van der Waals surface area contributed by atoms with Gasteiger partial charge in [-0.15, -0.1) is 0 Å². The summed E-state index contributed by atoms with van der Waals surface area (Å²) in [7, 11) is 0. The van der Waals surface area contributed by atoms with Gasteiger partial charge in [0.15, 0.2) is 5.69 Å². The summed E-state index contributed by atoms with van der Waals surface area (Å²) in [6.45, 7) is 2.18. The fourth-order valence-corrected chi connectivity index (χ4v) is 2.09. The van der Waals surface area contributed by atoms with Crippen LogP contribution in [0.2, 0.25) is 0 Å². The van der Waals surface area contributed by atoms with E-state index >= 15 is 0 Å². The van der Waals surface area contributed by atoms with Crippen LogP contribution in [-0.4, -0.2) is 22.4 Å². The first-order valence-electron chi connectivity index (χ1n) is 6.62. The maximum Gasteiger partial charge on any atom is 0.357 e. The normalized spacial score (nSPS) is 14.4. The molecule has 3 rings (SSSR count). The second kappa shape index (κ2) is 4.88. The fraction of sp³-hybridized carbons (Fsp3) is 0.333. The van der Waals surface area contributed by atoms with Gasteiger partial charge in [-0.2, -0.15) is 5.10 Å². The number of nitrogens with zero attached hydrogens (tertiary/aromatic N) is 2. The topological polar surface area (TPSA) is 44.1 Å². The van der Waals surface area contributed by atoms with Crippen LogP contribution in [0.5, 0.6) is 0 Å². The molecular weight excluding hydrogens is 240 g/mol. The average Bonchev–Trinajstić information content (AvgIpc) is 3.19. The number of benzene rings is 1. The van der Waals surface area contributed by atoms with Crippen LogP contribution >= 0.6 is 0 Å². The van der Waals surface area contributed by atoms with E-state index in [2.05, 4.69) is 5.10 Å². The predicted octanol–water partition coefficient (Wildman–Crippen LogP) is 2.93. The fourth-order valence-electron chi connectivity index (χ4n) is 2.09. The van der Waals surface area contributed by atoms with Crippen molar-refractivity contribution >= 4 is 5.97 Å². The molecule has 0 saturated heterocycles. The van der Waals surface area contributed by atoms with Crippen LogP contribution in [0.15, 0.2) is 36.4 Å². The molecule has 0 bridgehead atoms. The van der Waals surface area contributed by atoms with Crippen LogP contribution in [0.1, 0.15) is 41.9 Å². The number of carbonyl (C=O) groups excluding carboxylic acids is 1. The molecule has 98 valence electrons. The predicted molar refractivity (Wildman–Crippen MR) is 71.5 cm³/mol. The molecular formula is C15H16N2O2. The van der Waals surface area contributed by atoms with Gasteiger partial charge in [0.2, 0.25) is 0 Å². The third-order valence-electron chi connectivity index (χ3n) is 3.21. The van der Waals surface area contributed by atoms with E-state index in [1.807, 2.05) is 43.3 Å². The zero-order valence-corrected chi connectivity index (χ0v) is 10.9. The quantitative estimate of drug-likeness (QED) is 0.790. The van der Waals surface area contributed by atoms with Crippen molar-refractivity contribution < 1.29 is 9.53 Å². The van der Waals surface area contributed by atoms with Gasteiger partial charge in [-0.3, -0.25) is 0 Å². The Morgan fingerprint density at radius 2 is 2.11 bits per heavy atom. The van der Waals surface area contributed by atoms with Crippen LogP contribution in [-0.2, 0) is 4.74 Å². The Labute approximate surface area is 112 Å². The Morgan fingerprint density at radius 3 is 2.74 bits per heavy atom. The minimum Gasteiger partial charge on any atom is -0.461 e. The first kappa shape index (κ1) is 12.0. The largest absolute Gasteiger partial charge is 0.461 e. The summed E-state index contributed by atoms with van der Waals surface area (Å²) < 4.78 is 6.79. The monoisotopic (exact) mass is 256 g/mol. The highest BCUT2D eigenvalue weighted by atomic mass is 16.5. The molecule has 1 heterocycles. The molecule has 4 nitrogen and oxygen atoms in total. The van der Waals surface area contributed by atoms with Crippen LogP contribution < -0.4 is 0 Å². The Morgan fingerprint density at radius 1 is 1.37 bits per heavy atom. The standard InChI is InChI=1S/C15H16N2O2/c1-2-19-15(18)14-10-13(11-8-9-11)16-17(14)12-6-4-3-5-7-12/h3-7,10-11H,2,8-9H2,1H3. The first-order chi connectivity index (χ1) is 9.29. The van der Waals surface area contributed by atoms with Crippen LogP contribution in [0.4, 0.5) is 0 Å². The second-order valence-electron chi connectivity index (χ2n) is 4.70. The van der Waals surface area contributed by atoms with Crippen molar-refractivity contribution in [2.24, 2.45) is 0 Å². The van der Waals surface area contributed by atoms with Crippen molar-refractivity contribution in [3.8, 4) is 5.69 Å². The molecule has 0 spiro atoms. The summed E-state index contributed by atoms with van der Waals surface area (Å²) in [4.78, 5) is 12.0. The van der Waals surface area contributed by atoms with Crippen molar-refractivity contribution in [2.75, 3.05) is 6.61 Å². The highest BCUT2D eigenvalue weighted by molar-refractivity contribution is 5.88. The van der Waals surface area contributed by atoms with Gasteiger partial charge >= 0.3 is 5.97 Å². The SMILES string of the molecule is CCOC(=O)c1cc(C2CC2)nn1-c1ccccc1. The molecule has 4 heteroatoms. The molecule has 1 aliphatic rings.